The summed E-state index contributed by atoms with van der Waals surface area (Å²) in [6, 6.07) is 23.2. The summed E-state index contributed by atoms with van der Waals surface area (Å²) in [6.45, 7) is 1.24. The molecule has 4 aromatic rings. The van der Waals surface area contributed by atoms with Crippen molar-refractivity contribution in [2.24, 2.45) is 5.92 Å². The van der Waals surface area contributed by atoms with Crippen LogP contribution in [0.2, 0.25) is 5.02 Å². The standard InChI is InChI=1S/C28H27ClN4O2/c29-23-9-5-4-8-22(23)27-31-24-12-11-21(18-25(24)32-27)30-28(35)20-14-16-33(17-15-20)26(34)13-10-19-6-2-1-3-7-19/h1-9,11-12,18,20H,10,13-17H2,(H,30,35)(H,31,32). The molecule has 0 bridgehead atoms. The van der Waals surface area contributed by atoms with E-state index in [0.29, 0.717) is 43.2 Å². The molecule has 0 atom stereocenters. The number of piperidine rings is 1. The Balaban J connectivity index is 1.16. The van der Waals surface area contributed by atoms with E-state index in [4.69, 9.17) is 11.6 Å². The Hall–Kier alpha value is -3.64. The number of aryl methyl sites for hydroxylation is 1. The molecule has 0 spiro atoms. The van der Waals surface area contributed by atoms with Crippen molar-refractivity contribution >= 4 is 40.1 Å². The predicted molar refractivity (Wildman–Crippen MR) is 139 cm³/mol. The highest BCUT2D eigenvalue weighted by Gasteiger charge is 2.27. The molecular weight excluding hydrogens is 460 g/mol. The van der Waals surface area contributed by atoms with Crippen molar-refractivity contribution in [2.45, 2.75) is 25.7 Å². The number of anilines is 1. The number of carbonyl (C=O) groups is 2. The molecule has 1 aliphatic rings. The van der Waals surface area contributed by atoms with Gasteiger partial charge in [-0.3, -0.25) is 9.59 Å². The van der Waals surface area contributed by atoms with Crippen LogP contribution in [0.1, 0.15) is 24.8 Å². The Kier molecular flexibility index (Phi) is 6.82. The molecule has 1 aliphatic heterocycles. The van der Waals surface area contributed by atoms with Crippen LogP contribution in [0.4, 0.5) is 5.69 Å². The van der Waals surface area contributed by atoms with Gasteiger partial charge in [0.05, 0.1) is 16.1 Å². The van der Waals surface area contributed by atoms with Gasteiger partial charge >= 0.3 is 0 Å². The molecule has 7 heteroatoms. The van der Waals surface area contributed by atoms with Gasteiger partial charge in [-0.15, -0.1) is 0 Å². The number of nitrogens with one attached hydrogen (secondary N) is 2. The molecule has 5 rings (SSSR count). The van der Waals surface area contributed by atoms with Gasteiger partial charge in [0, 0.05) is 36.7 Å². The summed E-state index contributed by atoms with van der Waals surface area (Å²) in [7, 11) is 0. The van der Waals surface area contributed by atoms with E-state index >= 15 is 0 Å². The van der Waals surface area contributed by atoms with Gasteiger partial charge in [0.15, 0.2) is 0 Å². The molecule has 0 aliphatic carbocycles. The van der Waals surface area contributed by atoms with Crippen molar-refractivity contribution in [3.63, 3.8) is 0 Å². The van der Waals surface area contributed by atoms with Crippen molar-refractivity contribution < 1.29 is 9.59 Å². The van der Waals surface area contributed by atoms with E-state index in [9.17, 15) is 9.59 Å². The molecule has 2 N–H and O–H groups in total. The molecule has 3 aromatic carbocycles. The van der Waals surface area contributed by atoms with Crippen molar-refractivity contribution in [1.29, 1.82) is 0 Å². The van der Waals surface area contributed by atoms with Gasteiger partial charge in [0.1, 0.15) is 5.82 Å². The number of benzene rings is 3. The van der Waals surface area contributed by atoms with Crippen molar-refractivity contribution in [3.05, 3.63) is 83.4 Å². The number of amides is 2. The second kappa shape index (κ2) is 10.3. The number of rotatable bonds is 6. The first-order valence-corrected chi connectivity index (χ1v) is 12.3. The highest BCUT2D eigenvalue weighted by atomic mass is 35.5. The van der Waals surface area contributed by atoms with Crippen molar-refractivity contribution in [3.8, 4) is 11.4 Å². The molecule has 1 aromatic heterocycles. The number of nitrogens with zero attached hydrogens (tertiary/aromatic N) is 2. The number of likely N-dealkylation sites (tertiary alicyclic amines) is 1. The first-order valence-electron chi connectivity index (χ1n) is 11.9. The van der Waals surface area contributed by atoms with Crippen LogP contribution in [-0.2, 0) is 16.0 Å². The summed E-state index contributed by atoms with van der Waals surface area (Å²) in [5.74, 6) is 0.737. The van der Waals surface area contributed by atoms with Gasteiger partial charge in [-0.1, -0.05) is 54.1 Å². The fraction of sp³-hybridized carbons (Fsp3) is 0.250. The number of H-pyrrole nitrogens is 1. The van der Waals surface area contributed by atoms with E-state index in [1.165, 1.54) is 5.56 Å². The number of aromatic nitrogens is 2. The summed E-state index contributed by atoms with van der Waals surface area (Å²) in [5.41, 5.74) is 4.36. The molecule has 0 unspecified atom stereocenters. The van der Waals surface area contributed by atoms with Gasteiger partial charge in [-0.05, 0) is 55.2 Å². The first kappa shape index (κ1) is 23.1. The number of hydrogen-bond acceptors (Lipinski definition) is 3. The van der Waals surface area contributed by atoms with Crippen LogP contribution in [0.5, 0.6) is 0 Å². The normalized spacial score (nSPS) is 14.3. The van der Waals surface area contributed by atoms with Gasteiger partial charge in [-0.2, -0.15) is 0 Å². The minimum absolute atomic E-state index is 0.00780. The maximum atomic E-state index is 12.9. The summed E-state index contributed by atoms with van der Waals surface area (Å²) < 4.78 is 0. The zero-order chi connectivity index (χ0) is 24.2. The molecule has 0 saturated carbocycles. The van der Waals surface area contributed by atoms with E-state index in [1.807, 2.05) is 77.7 Å². The Morgan fingerprint density at radius 2 is 1.74 bits per heavy atom. The molecule has 1 saturated heterocycles. The number of fused-ring (bicyclic) bond motifs is 1. The van der Waals surface area contributed by atoms with E-state index in [2.05, 4.69) is 15.3 Å². The van der Waals surface area contributed by atoms with Crippen molar-refractivity contribution in [1.82, 2.24) is 14.9 Å². The largest absolute Gasteiger partial charge is 0.343 e. The summed E-state index contributed by atoms with van der Waals surface area (Å²) in [5, 5.41) is 3.67. The van der Waals surface area contributed by atoms with Crippen LogP contribution >= 0.6 is 11.6 Å². The number of aromatic amines is 1. The second-order valence-electron chi connectivity index (χ2n) is 8.93. The Morgan fingerprint density at radius 3 is 2.51 bits per heavy atom. The Morgan fingerprint density at radius 1 is 1.00 bits per heavy atom. The summed E-state index contributed by atoms with van der Waals surface area (Å²) in [4.78, 5) is 35.3. The Labute approximate surface area is 209 Å². The minimum Gasteiger partial charge on any atom is -0.343 e. The quantitative estimate of drug-likeness (QED) is 0.367. The molecule has 1 fully saturated rings. The van der Waals surface area contributed by atoms with E-state index in [0.717, 1.165) is 28.7 Å². The van der Waals surface area contributed by atoms with Crippen LogP contribution in [0.3, 0.4) is 0 Å². The maximum Gasteiger partial charge on any atom is 0.227 e. The lowest BCUT2D eigenvalue weighted by atomic mass is 9.95. The molecule has 178 valence electrons. The average molecular weight is 487 g/mol. The fourth-order valence-electron chi connectivity index (χ4n) is 4.56. The zero-order valence-electron chi connectivity index (χ0n) is 19.3. The molecule has 2 amide bonds. The van der Waals surface area contributed by atoms with Crippen LogP contribution in [0.25, 0.3) is 22.4 Å². The maximum absolute atomic E-state index is 12.9. The van der Waals surface area contributed by atoms with Crippen LogP contribution < -0.4 is 5.32 Å². The van der Waals surface area contributed by atoms with E-state index < -0.39 is 0 Å². The first-order chi connectivity index (χ1) is 17.1. The molecule has 6 nitrogen and oxygen atoms in total. The SMILES string of the molecule is O=C(Nc1ccc2nc(-c3ccccc3Cl)[nH]c2c1)C1CCN(C(=O)CCc2ccccc2)CC1. The lowest BCUT2D eigenvalue weighted by Crippen LogP contribution is -2.41. The zero-order valence-corrected chi connectivity index (χ0v) is 20.1. The third-order valence-corrected chi connectivity index (χ3v) is 6.90. The molecule has 35 heavy (non-hydrogen) atoms. The lowest BCUT2D eigenvalue weighted by Gasteiger charge is -2.31. The lowest BCUT2D eigenvalue weighted by molar-refractivity contribution is -0.134. The Bertz CT molecular complexity index is 1340. The molecule has 0 radical (unpaired) electrons. The van der Waals surface area contributed by atoms with Crippen LogP contribution in [0, 0.1) is 5.92 Å². The highest BCUT2D eigenvalue weighted by molar-refractivity contribution is 6.33. The van der Waals surface area contributed by atoms with Crippen LogP contribution in [0.15, 0.2) is 72.8 Å². The van der Waals surface area contributed by atoms with Crippen molar-refractivity contribution in [2.75, 3.05) is 18.4 Å². The van der Waals surface area contributed by atoms with Gasteiger partial charge < -0.3 is 15.2 Å². The van der Waals surface area contributed by atoms with E-state index in [1.54, 1.807) is 0 Å². The van der Waals surface area contributed by atoms with Crippen LogP contribution in [-0.4, -0.2) is 39.8 Å². The van der Waals surface area contributed by atoms with Gasteiger partial charge in [0.2, 0.25) is 11.8 Å². The number of hydrogen-bond donors (Lipinski definition) is 2. The fourth-order valence-corrected chi connectivity index (χ4v) is 4.78. The van der Waals surface area contributed by atoms with E-state index in [-0.39, 0.29) is 17.7 Å². The van der Waals surface area contributed by atoms with Gasteiger partial charge in [-0.25, -0.2) is 4.98 Å². The highest BCUT2D eigenvalue weighted by Crippen LogP contribution is 2.28. The number of imidazole rings is 1. The summed E-state index contributed by atoms with van der Waals surface area (Å²) >= 11 is 6.31. The summed E-state index contributed by atoms with van der Waals surface area (Å²) in [6.07, 6.45) is 2.59. The second-order valence-corrected chi connectivity index (χ2v) is 9.33. The molecular formula is C28H27ClN4O2. The number of carbonyl (C=O) groups excluding carboxylic acids is 2. The monoisotopic (exact) mass is 486 g/mol. The smallest absolute Gasteiger partial charge is 0.227 e. The third kappa shape index (κ3) is 5.38. The minimum atomic E-state index is -0.107. The molecule has 2 heterocycles. The predicted octanol–water partition coefficient (Wildman–Crippen LogP) is 5.69. The average Bonchev–Trinajstić information content (AvgIpc) is 3.31. The third-order valence-electron chi connectivity index (χ3n) is 6.57. The topological polar surface area (TPSA) is 78.1 Å². The van der Waals surface area contributed by atoms with Gasteiger partial charge in [0.25, 0.3) is 0 Å². The number of halogens is 1.